The van der Waals surface area contributed by atoms with Crippen LogP contribution in [0.1, 0.15) is 24.5 Å². The number of halogens is 1. The molecule has 0 aromatic heterocycles. The minimum Gasteiger partial charge on any atom is -0.388 e. The Morgan fingerprint density at radius 1 is 1.40 bits per heavy atom. The fourth-order valence-corrected chi connectivity index (χ4v) is 4.41. The van der Waals surface area contributed by atoms with E-state index in [4.69, 9.17) is 11.6 Å². The average molecular weight is 318 g/mol. The Morgan fingerprint density at radius 2 is 2.05 bits per heavy atom. The van der Waals surface area contributed by atoms with Crippen LogP contribution in [-0.4, -0.2) is 49.6 Å². The lowest BCUT2D eigenvalue weighted by molar-refractivity contribution is 0.140. The molecule has 20 heavy (non-hydrogen) atoms. The lowest BCUT2D eigenvalue weighted by Crippen LogP contribution is -2.34. The monoisotopic (exact) mass is 317 g/mol. The molecule has 0 radical (unpaired) electrons. The maximum Gasteiger partial charge on any atom is 0.151 e. The highest BCUT2D eigenvalue weighted by atomic mass is 35.5. The fraction of sp³-hybridized carbons (Fsp3) is 0.571. The lowest BCUT2D eigenvalue weighted by atomic mass is 10.1. The van der Waals surface area contributed by atoms with E-state index in [9.17, 15) is 13.5 Å². The van der Waals surface area contributed by atoms with E-state index in [0.717, 1.165) is 5.56 Å². The van der Waals surface area contributed by atoms with Crippen LogP contribution in [-0.2, 0) is 9.84 Å². The summed E-state index contributed by atoms with van der Waals surface area (Å²) in [6, 6.07) is 7.22. The minimum absolute atomic E-state index is 0.0809. The van der Waals surface area contributed by atoms with E-state index in [2.05, 4.69) is 0 Å². The van der Waals surface area contributed by atoms with Crippen LogP contribution in [0.5, 0.6) is 0 Å². The predicted molar refractivity (Wildman–Crippen MR) is 80.7 cm³/mol. The Morgan fingerprint density at radius 3 is 2.60 bits per heavy atom. The van der Waals surface area contributed by atoms with Gasteiger partial charge in [0, 0.05) is 17.6 Å². The highest BCUT2D eigenvalue weighted by Crippen LogP contribution is 2.21. The minimum atomic E-state index is -2.85. The van der Waals surface area contributed by atoms with E-state index in [0.29, 0.717) is 24.4 Å². The summed E-state index contributed by atoms with van der Waals surface area (Å²) < 4.78 is 22.9. The number of nitrogens with zero attached hydrogens (tertiary/aromatic N) is 1. The van der Waals surface area contributed by atoms with Crippen LogP contribution in [0.3, 0.4) is 0 Å². The van der Waals surface area contributed by atoms with Gasteiger partial charge in [-0.3, -0.25) is 0 Å². The van der Waals surface area contributed by atoms with Gasteiger partial charge in [0.25, 0.3) is 0 Å². The third-order valence-electron chi connectivity index (χ3n) is 3.84. The van der Waals surface area contributed by atoms with E-state index in [1.54, 1.807) is 12.1 Å². The van der Waals surface area contributed by atoms with Gasteiger partial charge in [0.15, 0.2) is 9.84 Å². The number of rotatable bonds is 5. The van der Waals surface area contributed by atoms with Crippen molar-refractivity contribution in [2.24, 2.45) is 0 Å². The quantitative estimate of drug-likeness (QED) is 0.901. The molecule has 1 saturated heterocycles. The lowest BCUT2D eigenvalue weighted by Gasteiger charge is -2.24. The highest BCUT2D eigenvalue weighted by Gasteiger charge is 2.30. The van der Waals surface area contributed by atoms with E-state index >= 15 is 0 Å². The summed E-state index contributed by atoms with van der Waals surface area (Å²) in [4.78, 5) is 2.03. The predicted octanol–water partition coefficient (Wildman–Crippen LogP) is 1.88. The maximum absolute atomic E-state index is 11.4. The van der Waals surface area contributed by atoms with Crippen LogP contribution in [0.2, 0.25) is 5.02 Å². The van der Waals surface area contributed by atoms with Crippen LogP contribution < -0.4 is 0 Å². The number of aliphatic hydroxyl groups is 1. The van der Waals surface area contributed by atoms with Crippen molar-refractivity contribution >= 4 is 21.4 Å². The largest absolute Gasteiger partial charge is 0.388 e. The molecule has 1 aliphatic heterocycles. The first kappa shape index (κ1) is 15.8. The molecule has 0 aliphatic carbocycles. The molecule has 1 N–H and O–H groups in total. The molecule has 0 bridgehead atoms. The van der Waals surface area contributed by atoms with Crippen molar-refractivity contribution in [3.8, 4) is 0 Å². The van der Waals surface area contributed by atoms with Crippen molar-refractivity contribution in [2.75, 3.05) is 25.1 Å². The normalized spacial score (nSPS) is 23.1. The summed E-state index contributed by atoms with van der Waals surface area (Å²) >= 11 is 5.81. The standard InChI is InChI=1S/C14H20ClNO3S/c1-16(13-7-9-20(18,19)10-13)8-6-14(17)11-2-4-12(15)5-3-11/h2-5,13-14,17H,6-10H2,1H3. The van der Waals surface area contributed by atoms with E-state index < -0.39 is 15.9 Å². The maximum atomic E-state index is 11.4. The van der Waals surface area contributed by atoms with Crippen molar-refractivity contribution in [3.05, 3.63) is 34.9 Å². The van der Waals surface area contributed by atoms with Gasteiger partial charge in [-0.05, 0) is 37.6 Å². The van der Waals surface area contributed by atoms with Gasteiger partial charge in [-0.2, -0.15) is 0 Å². The van der Waals surface area contributed by atoms with Crippen LogP contribution >= 0.6 is 11.6 Å². The molecule has 1 aromatic rings. The topological polar surface area (TPSA) is 57.6 Å². The molecule has 1 aromatic carbocycles. The number of sulfone groups is 1. The highest BCUT2D eigenvalue weighted by molar-refractivity contribution is 7.91. The smallest absolute Gasteiger partial charge is 0.151 e. The number of hydrogen-bond donors (Lipinski definition) is 1. The Hall–Kier alpha value is -0.620. The van der Waals surface area contributed by atoms with Gasteiger partial charge in [0.05, 0.1) is 17.6 Å². The van der Waals surface area contributed by atoms with Crippen LogP contribution in [0.4, 0.5) is 0 Å². The zero-order valence-electron chi connectivity index (χ0n) is 11.5. The summed E-state index contributed by atoms with van der Waals surface area (Å²) in [6.45, 7) is 0.671. The van der Waals surface area contributed by atoms with E-state index in [1.165, 1.54) is 0 Å². The molecular formula is C14H20ClNO3S. The van der Waals surface area contributed by atoms with Crippen molar-refractivity contribution in [2.45, 2.75) is 25.0 Å². The average Bonchev–Trinajstić information content (AvgIpc) is 2.77. The van der Waals surface area contributed by atoms with E-state index in [1.807, 2.05) is 24.1 Å². The van der Waals surface area contributed by atoms with E-state index in [-0.39, 0.29) is 17.5 Å². The van der Waals surface area contributed by atoms with Crippen LogP contribution in [0, 0.1) is 0 Å². The molecule has 1 aliphatic rings. The summed E-state index contributed by atoms with van der Waals surface area (Å²) in [5.74, 6) is 0.516. The molecule has 0 saturated carbocycles. The van der Waals surface area contributed by atoms with Gasteiger partial charge < -0.3 is 10.0 Å². The van der Waals surface area contributed by atoms with Crippen LogP contribution in [0.15, 0.2) is 24.3 Å². The van der Waals surface area contributed by atoms with Crippen molar-refractivity contribution < 1.29 is 13.5 Å². The van der Waals surface area contributed by atoms with Gasteiger partial charge in [-0.1, -0.05) is 23.7 Å². The third kappa shape index (κ3) is 4.19. The molecule has 2 unspecified atom stereocenters. The first-order valence-electron chi connectivity index (χ1n) is 6.71. The zero-order chi connectivity index (χ0) is 14.8. The number of hydrogen-bond acceptors (Lipinski definition) is 4. The van der Waals surface area contributed by atoms with Crippen molar-refractivity contribution in [3.63, 3.8) is 0 Å². The second-order valence-electron chi connectivity index (χ2n) is 5.39. The Labute approximate surface area is 125 Å². The molecule has 1 fully saturated rings. The van der Waals surface area contributed by atoms with Gasteiger partial charge in [0.1, 0.15) is 0 Å². The molecule has 0 amide bonds. The summed E-state index contributed by atoms with van der Waals surface area (Å²) in [6.07, 6.45) is 0.720. The Kier molecular flexibility index (Phi) is 5.07. The molecule has 4 nitrogen and oxygen atoms in total. The van der Waals surface area contributed by atoms with Gasteiger partial charge >= 0.3 is 0 Å². The number of aliphatic hydroxyl groups excluding tert-OH is 1. The fourth-order valence-electron chi connectivity index (χ4n) is 2.48. The molecule has 112 valence electrons. The van der Waals surface area contributed by atoms with Gasteiger partial charge in [-0.15, -0.1) is 0 Å². The second-order valence-corrected chi connectivity index (χ2v) is 8.06. The first-order chi connectivity index (χ1) is 9.37. The molecule has 6 heteroatoms. The van der Waals surface area contributed by atoms with Gasteiger partial charge in [0.2, 0.25) is 0 Å². The Balaban J connectivity index is 1.84. The molecule has 2 atom stereocenters. The summed E-state index contributed by atoms with van der Waals surface area (Å²) in [5, 5.41) is 10.8. The summed E-state index contributed by atoms with van der Waals surface area (Å²) in [5.41, 5.74) is 0.835. The summed E-state index contributed by atoms with van der Waals surface area (Å²) in [7, 11) is -0.938. The third-order valence-corrected chi connectivity index (χ3v) is 5.84. The van der Waals surface area contributed by atoms with Gasteiger partial charge in [-0.25, -0.2) is 8.42 Å². The van der Waals surface area contributed by atoms with Crippen molar-refractivity contribution in [1.29, 1.82) is 0 Å². The van der Waals surface area contributed by atoms with Crippen molar-refractivity contribution in [1.82, 2.24) is 4.90 Å². The first-order valence-corrected chi connectivity index (χ1v) is 8.91. The number of benzene rings is 1. The molecule has 1 heterocycles. The molecule has 0 spiro atoms. The molecule has 2 rings (SSSR count). The SMILES string of the molecule is CN(CCC(O)c1ccc(Cl)cc1)C1CCS(=O)(=O)C1. The molecular weight excluding hydrogens is 298 g/mol. The van der Waals surface area contributed by atoms with Crippen LogP contribution in [0.25, 0.3) is 0 Å². The second kappa shape index (κ2) is 6.43. The zero-order valence-corrected chi connectivity index (χ0v) is 13.1. The Bertz CT molecular complexity index is 544.